The Hall–Kier alpha value is -1.10. The van der Waals surface area contributed by atoms with Crippen molar-refractivity contribution in [2.45, 2.75) is 39.2 Å². The highest BCUT2D eigenvalue weighted by atomic mass is 16.4. The summed E-state index contributed by atoms with van der Waals surface area (Å²) in [7, 11) is 1.92. The fourth-order valence-electron chi connectivity index (χ4n) is 1.65. The van der Waals surface area contributed by atoms with Gasteiger partial charge in [0.1, 0.15) is 0 Å². The average molecular weight is 230 g/mol. The Morgan fingerprint density at radius 1 is 1.38 bits per heavy atom. The van der Waals surface area contributed by atoms with Crippen molar-refractivity contribution in [2.24, 2.45) is 0 Å². The van der Waals surface area contributed by atoms with Gasteiger partial charge in [-0.15, -0.1) is 0 Å². The van der Waals surface area contributed by atoms with Crippen molar-refractivity contribution in [2.75, 3.05) is 20.1 Å². The van der Waals surface area contributed by atoms with Crippen molar-refractivity contribution >= 4 is 11.9 Å². The molecule has 94 valence electrons. The van der Waals surface area contributed by atoms with E-state index in [9.17, 15) is 4.79 Å². The van der Waals surface area contributed by atoms with E-state index < -0.39 is 5.97 Å². The number of aliphatic carboxylic acids is 1. The SMILES string of the molecule is CC(=O)O.CCC(=O)N(C)C1CCNCC1. The quantitative estimate of drug-likeness (QED) is 0.732. The lowest BCUT2D eigenvalue weighted by molar-refractivity contribution is -0.134. The molecule has 0 aromatic rings. The molecule has 1 saturated heterocycles. The van der Waals surface area contributed by atoms with E-state index in [-0.39, 0.29) is 5.91 Å². The number of hydrogen-bond acceptors (Lipinski definition) is 3. The lowest BCUT2D eigenvalue weighted by atomic mass is 10.1. The first-order valence-electron chi connectivity index (χ1n) is 5.65. The summed E-state index contributed by atoms with van der Waals surface area (Å²) in [6.07, 6.45) is 2.82. The first kappa shape index (κ1) is 14.9. The number of carboxylic acid groups (broad SMARTS) is 1. The van der Waals surface area contributed by atoms with Gasteiger partial charge in [-0.05, 0) is 25.9 Å². The Bertz CT molecular complexity index is 221. The summed E-state index contributed by atoms with van der Waals surface area (Å²) >= 11 is 0. The topological polar surface area (TPSA) is 69.6 Å². The zero-order valence-corrected chi connectivity index (χ0v) is 10.3. The summed E-state index contributed by atoms with van der Waals surface area (Å²) in [4.78, 5) is 22.2. The molecule has 5 nitrogen and oxygen atoms in total. The maximum atomic E-state index is 11.3. The molecule has 0 bridgehead atoms. The highest BCUT2D eigenvalue weighted by molar-refractivity contribution is 5.75. The molecule has 0 aromatic heterocycles. The minimum absolute atomic E-state index is 0.266. The molecule has 0 aliphatic carbocycles. The van der Waals surface area contributed by atoms with Crippen LogP contribution in [0.2, 0.25) is 0 Å². The maximum absolute atomic E-state index is 11.3. The fraction of sp³-hybridized carbons (Fsp3) is 0.818. The molecule has 0 spiro atoms. The van der Waals surface area contributed by atoms with E-state index in [1.54, 1.807) is 0 Å². The van der Waals surface area contributed by atoms with Crippen LogP contribution in [0.3, 0.4) is 0 Å². The number of rotatable bonds is 2. The minimum atomic E-state index is -0.833. The number of hydrogen-bond donors (Lipinski definition) is 2. The van der Waals surface area contributed by atoms with Gasteiger partial charge < -0.3 is 15.3 Å². The van der Waals surface area contributed by atoms with E-state index in [1.165, 1.54) is 0 Å². The molecule has 1 heterocycles. The molecular weight excluding hydrogens is 208 g/mol. The predicted octanol–water partition coefficient (Wildman–Crippen LogP) is 0.698. The third-order valence-electron chi connectivity index (χ3n) is 2.55. The van der Waals surface area contributed by atoms with Crippen molar-refractivity contribution in [3.63, 3.8) is 0 Å². The maximum Gasteiger partial charge on any atom is 0.300 e. The van der Waals surface area contributed by atoms with Gasteiger partial charge in [0, 0.05) is 26.4 Å². The number of carbonyl (C=O) groups excluding carboxylic acids is 1. The Kier molecular flexibility index (Phi) is 7.54. The molecule has 1 amide bonds. The van der Waals surface area contributed by atoms with Gasteiger partial charge >= 0.3 is 0 Å². The van der Waals surface area contributed by atoms with Crippen molar-refractivity contribution in [3.8, 4) is 0 Å². The van der Waals surface area contributed by atoms with Crippen LogP contribution in [0, 0.1) is 0 Å². The minimum Gasteiger partial charge on any atom is -0.481 e. The first-order valence-corrected chi connectivity index (χ1v) is 5.65. The lowest BCUT2D eigenvalue weighted by Gasteiger charge is -2.31. The van der Waals surface area contributed by atoms with Crippen LogP contribution in [0.5, 0.6) is 0 Å². The third-order valence-corrected chi connectivity index (χ3v) is 2.55. The molecule has 16 heavy (non-hydrogen) atoms. The average Bonchev–Trinajstić information content (AvgIpc) is 2.27. The summed E-state index contributed by atoms with van der Waals surface area (Å²) in [5.74, 6) is -0.568. The van der Waals surface area contributed by atoms with Crippen LogP contribution < -0.4 is 5.32 Å². The molecule has 2 N–H and O–H groups in total. The van der Waals surface area contributed by atoms with Crippen LogP contribution in [0.25, 0.3) is 0 Å². The van der Waals surface area contributed by atoms with Crippen LogP contribution in [0.4, 0.5) is 0 Å². The number of nitrogens with one attached hydrogen (secondary N) is 1. The zero-order chi connectivity index (χ0) is 12.6. The molecule has 0 aromatic carbocycles. The number of carbonyl (C=O) groups is 2. The zero-order valence-electron chi connectivity index (χ0n) is 10.3. The smallest absolute Gasteiger partial charge is 0.300 e. The van der Waals surface area contributed by atoms with Crippen molar-refractivity contribution in [1.82, 2.24) is 10.2 Å². The molecule has 0 saturated carbocycles. The fourth-order valence-corrected chi connectivity index (χ4v) is 1.65. The van der Waals surface area contributed by atoms with E-state index in [4.69, 9.17) is 9.90 Å². The molecule has 5 heteroatoms. The summed E-state index contributed by atoms with van der Waals surface area (Å²) in [5, 5.41) is 10.7. The Morgan fingerprint density at radius 3 is 2.19 bits per heavy atom. The summed E-state index contributed by atoms with van der Waals surface area (Å²) in [6.45, 7) is 5.10. The van der Waals surface area contributed by atoms with E-state index in [2.05, 4.69) is 5.32 Å². The van der Waals surface area contributed by atoms with E-state index >= 15 is 0 Å². The Labute approximate surface area is 96.8 Å². The van der Waals surface area contributed by atoms with Gasteiger partial charge in [0.05, 0.1) is 0 Å². The van der Waals surface area contributed by atoms with Gasteiger partial charge in [-0.25, -0.2) is 0 Å². The summed E-state index contributed by atoms with van der Waals surface area (Å²) in [6, 6.07) is 0.471. The molecular formula is C11H22N2O3. The molecule has 1 rings (SSSR count). The molecule has 0 unspecified atom stereocenters. The second kappa shape index (κ2) is 8.10. The number of nitrogens with zero attached hydrogens (tertiary/aromatic N) is 1. The summed E-state index contributed by atoms with van der Waals surface area (Å²) in [5.41, 5.74) is 0. The van der Waals surface area contributed by atoms with Crippen LogP contribution in [-0.4, -0.2) is 48.1 Å². The first-order chi connectivity index (χ1) is 7.49. The second-order valence-corrected chi connectivity index (χ2v) is 3.86. The van der Waals surface area contributed by atoms with Gasteiger partial charge in [-0.2, -0.15) is 0 Å². The highest BCUT2D eigenvalue weighted by Gasteiger charge is 2.20. The van der Waals surface area contributed by atoms with Crippen LogP contribution in [0.1, 0.15) is 33.1 Å². The van der Waals surface area contributed by atoms with Crippen molar-refractivity contribution < 1.29 is 14.7 Å². The van der Waals surface area contributed by atoms with Crippen molar-refractivity contribution in [3.05, 3.63) is 0 Å². The van der Waals surface area contributed by atoms with Crippen LogP contribution in [0.15, 0.2) is 0 Å². The second-order valence-electron chi connectivity index (χ2n) is 3.86. The molecule has 0 atom stereocenters. The van der Waals surface area contributed by atoms with E-state index in [0.717, 1.165) is 32.9 Å². The van der Waals surface area contributed by atoms with E-state index in [1.807, 2.05) is 18.9 Å². The Morgan fingerprint density at radius 2 is 1.81 bits per heavy atom. The van der Waals surface area contributed by atoms with Crippen LogP contribution >= 0.6 is 0 Å². The van der Waals surface area contributed by atoms with Gasteiger partial charge in [0.2, 0.25) is 5.91 Å². The van der Waals surface area contributed by atoms with E-state index in [0.29, 0.717) is 12.5 Å². The largest absolute Gasteiger partial charge is 0.481 e. The number of amides is 1. The van der Waals surface area contributed by atoms with Crippen molar-refractivity contribution in [1.29, 1.82) is 0 Å². The molecule has 1 aliphatic rings. The van der Waals surface area contributed by atoms with Gasteiger partial charge in [0.25, 0.3) is 5.97 Å². The standard InChI is InChI=1S/C9H18N2O.C2H4O2/c1-3-9(12)11(2)8-4-6-10-7-5-8;1-2(3)4/h8,10H,3-7H2,1-2H3;1H3,(H,3,4). The molecule has 1 aliphatic heterocycles. The summed E-state index contributed by atoms with van der Waals surface area (Å²) < 4.78 is 0. The van der Waals surface area contributed by atoms with Gasteiger partial charge in [-0.3, -0.25) is 9.59 Å². The van der Waals surface area contributed by atoms with Gasteiger partial charge in [0.15, 0.2) is 0 Å². The number of piperidine rings is 1. The van der Waals surface area contributed by atoms with Gasteiger partial charge in [-0.1, -0.05) is 6.92 Å². The normalized spacial score (nSPS) is 15.9. The lowest BCUT2D eigenvalue weighted by Crippen LogP contribution is -2.43. The van der Waals surface area contributed by atoms with Crippen LogP contribution in [-0.2, 0) is 9.59 Å². The number of carboxylic acids is 1. The molecule has 1 fully saturated rings. The third kappa shape index (κ3) is 6.40. The Balaban J connectivity index is 0.000000487. The molecule has 0 radical (unpaired) electrons. The predicted molar refractivity (Wildman–Crippen MR) is 62.3 cm³/mol. The monoisotopic (exact) mass is 230 g/mol. The highest BCUT2D eigenvalue weighted by Crippen LogP contribution is 2.10.